The molecule has 0 aromatic heterocycles. The van der Waals surface area contributed by atoms with Crippen molar-refractivity contribution in [3.8, 4) is 0 Å². The van der Waals surface area contributed by atoms with Crippen molar-refractivity contribution in [1.29, 1.82) is 0 Å². The smallest absolute Gasteiger partial charge is 0.279 e. The summed E-state index contributed by atoms with van der Waals surface area (Å²) in [5, 5.41) is 3.39. The van der Waals surface area contributed by atoms with Crippen LogP contribution in [0.4, 0.5) is 0 Å². The van der Waals surface area contributed by atoms with Crippen LogP contribution in [0.2, 0.25) is 0 Å². The second kappa shape index (κ2) is 9.25. The second-order valence-electron chi connectivity index (χ2n) is 5.55. The molecule has 20 heavy (non-hydrogen) atoms. The maximum atomic E-state index is 12.3. The first-order chi connectivity index (χ1) is 9.49. The summed E-state index contributed by atoms with van der Waals surface area (Å²) in [6.45, 7) is 7.26. The van der Waals surface area contributed by atoms with Crippen LogP contribution in [0, 0.1) is 5.92 Å². The van der Waals surface area contributed by atoms with E-state index in [4.69, 9.17) is 0 Å². The highest BCUT2D eigenvalue weighted by atomic mass is 32.2. The van der Waals surface area contributed by atoms with Crippen molar-refractivity contribution in [1.82, 2.24) is 14.3 Å². The van der Waals surface area contributed by atoms with Crippen molar-refractivity contribution in [2.24, 2.45) is 5.92 Å². The van der Waals surface area contributed by atoms with E-state index in [1.807, 2.05) is 13.2 Å². The van der Waals surface area contributed by atoms with Gasteiger partial charge in [-0.05, 0) is 51.4 Å². The quantitative estimate of drug-likeness (QED) is 0.628. The molecule has 5 nitrogen and oxygen atoms in total. The van der Waals surface area contributed by atoms with E-state index in [9.17, 15) is 8.42 Å². The lowest BCUT2D eigenvalue weighted by molar-refractivity contribution is 0.257. The summed E-state index contributed by atoms with van der Waals surface area (Å²) in [6.07, 6.45) is 5.17. The molecule has 0 saturated carbocycles. The first-order valence-corrected chi connectivity index (χ1v) is 10.3. The van der Waals surface area contributed by atoms with Crippen molar-refractivity contribution in [2.75, 3.05) is 38.2 Å². The van der Waals surface area contributed by atoms with E-state index in [0.717, 1.165) is 38.1 Å². The fourth-order valence-corrected chi connectivity index (χ4v) is 4.71. The zero-order valence-corrected chi connectivity index (χ0v) is 14.5. The lowest BCUT2D eigenvalue weighted by atomic mass is 10.00. The van der Waals surface area contributed by atoms with E-state index in [0.29, 0.717) is 19.0 Å². The largest absolute Gasteiger partial charge is 0.316 e. The lowest BCUT2D eigenvalue weighted by Crippen LogP contribution is -2.50. The van der Waals surface area contributed by atoms with E-state index < -0.39 is 10.2 Å². The van der Waals surface area contributed by atoms with Gasteiger partial charge in [0.15, 0.2) is 0 Å². The van der Waals surface area contributed by atoms with Crippen molar-refractivity contribution in [3.05, 3.63) is 0 Å². The maximum Gasteiger partial charge on any atom is 0.279 e. The molecule has 2 atom stereocenters. The Morgan fingerprint density at radius 3 is 2.85 bits per heavy atom. The molecule has 0 spiro atoms. The molecular formula is C13H29N3O2S2. The van der Waals surface area contributed by atoms with Gasteiger partial charge in [0.05, 0.1) is 0 Å². The van der Waals surface area contributed by atoms with Crippen molar-refractivity contribution in [2.45, 2.75) is 39.2 Å². The van der Waals surface area contributed by atoms with Gasteiger partial charge in [0.1, 0.15) is 0 Å². The molecule has 0 aromatic rings. The molecule has 2 unspecified atom stereocenters. The molecule has 1 aliphatic heterocycles. The third kappa shape index (κ3) is 6.30. The predicted molar refractivity (Wildman–Crippen MR) is 87.4 cm³/mol. The monoisotopic (exact) mass is 323 g/mol. The van der Waals surface area contributed by atoms with Crippen LogP contribution in [-0.4, -0.2) is 57.0 Å². The lowest BCUT2D eigenvalue weighted by Gasteiger charge is -2.32. The summed E-state index contributed by atoms with van der Waals surface area (Å²) in [5.74, 6) is 1.23. The Labute approximate surface area is 128 Å². The van der Waals surface area contributed by atoms with Crippen LogP contribution in [0.3, 0.4) is 0 Å². The van der Waals surface area contributed by atoms with Gasteiger partial charge in [-0.25, -0.2) is 0 Å². The van der Waals surface area contributed by atoms with Gasteiger partial charge in [-0.3, -0.25) is 0 Å². The fourth-order valence-electron chi connectivity index (χ4n) is 2.51. The zero-order valence-electron chi connectivity index (χ0n) is 12.9. The number of piperidine rings is 1. The van der Waals surface area contributed by atoms with Crippen molar-refractivity contribution < 1.29 is 8.42 Å². The molecule has 2 N–H and O–H groups in total. The molecule has 0 radical (unpaired) electrons. The summed E-state index contributed by atoms with van der Waals surface area (Å²) in [7, 11) is -3.33. The Kier molecular flexibility index (Phi) is 8.43. The Bertz CT molecular complexity index is 363. The number of thioether (sulfide) groups is 1. The number of nitrogens with one attached hydrogen (secondary N) is 2. The van der Waals surface area contributed by atoms with E-state index in [1.165, 1.54) is 0 Å². The predicted octanol–water partition coefficient (Wildman–Crippen LogP) is 1.28. The van der Waals surface area contributed by atoms with Crippen LogP contribution < -0.4 is 10.0 Å². The molecule has 0 aromatic carbocycles. The zero-order chi connectivity index (χ0) is 15.0. The Balaban J connectivity index is 2.48. The fraction of sp³-hybridized carbons (Fsp3) is 1.00. The molecule has 1 rings (SSSR count). The summed E-state index contributed by atoms with van der Waals surface area (Å²) in [6, 6.07) is -0.0198. The molecule has 1 aliphatic rings. The summed E-state index contributed by atoms with van der Waals surface area (Å²) >= 11 is 1.66. The van der Waals surface area contributed by atoms with Crippen LogP contribution in [0.1, 0.15) is 33.1 Å². The minimum Gasteiger partial charge on any atom is -0.316 e. The van der Waals surface area contributed by atoms with Gasteiger partial charge in [0.25, 0.3) is 10.2 Å². The van der Waals surface area contributed by atoms with Crippen molar-refractivity contribution in [3.63, 3.8) is 0 Å². The maximum absolute atomic E-state index is 12.3. The average Bonchev–Trinajstić information content (AvgIpc) is 2.39. The molecule has 1 fully saturated rings. The third-order valence-electron chi connectivity index (χ3n) is 3.45. The Hall–Kier alpha value is 0.180. The number of hydrogen-bond acceptors (Lipinski definition) is 4. The standard InChI is InChI=1S/C13H29N3O2S2/c1-4-7-14-9-13-6-5-8-16(10-13)20(17,18)15-12(2)11-19-3/h12-15H,4-11H2,1-3H3. The van der Waals surface area contributed by atoms with Gasteiger partial charge in [-0.2, -0.15) is 29.2 Å². The molecule has 1 saturated heterocycles. The van der Waals surface area contributed by atoms with E-state index in [2.05, 4.69) is 17.0 Å². The SMILES string of the molecule is CCCNCC1CCCN(S(=O)(=O)NC(C)CSC)C1. The summed E-state index contributed by atoms with van der Waals surface area (Å²) in [5.41, 5.74) is 0. The minimum absolute atomic E-state index is 0.0198. The van der Waals surface area contributed by atoms with E-state index in [-0.39, 0.29) is 6.04 Å². The normalized spacial score (nSPS) is 22.9. The highest BCUT2D eigenvalue weighted by Crippen LogP contribution is 2.18. The molecular weight excluding hydrogens is 294 g/mol. The average molecular weight is 324 g/mol. The van der Waals surface area contributed by atoms with Crippen LogP contribution in [-0.2, 0) is 10.2 Å². The third-order valence-corrected chi connectivity index (χ3v) is 5.99. The summed E-state index contributed by atoms with van der Waals surface area (Å²) < 4.78 is 29.1. The van der Waals surface area contributed by atoms with Gasteiger partial charge >= 0.3 is 0 Å². The van der Waals surface area contributed by atoms with E-state index in [1.54, 1.807) is 16.1 Å². The van der Waals surface area contributed by atoms with Gasteiger partial charge in [-0.15, -0.1) is 0 Å². The van der Waals surface area contributed by atoms with Gasteiger partial charge in [0.2, 0.25) is 0 Å². The highest BCUT2D eigenvalue weighted by molar-refractivity contribution is 7.98. The van der Waals surface area contributed by atoms with Crippen LogP contribution in [0.5, 0.6) is 0 Å². The molecule has 0 amide bonds. The molecule has 1 heterocycles. The van der Waals surface area contributed by atoms with Gasteiger partial charge < -0.3 is 5.32 Å². The van der Waals surface area contributed by atoms with Gasteiger partial charge in [0, 0.05) is 24.9 Å². The first kappa shape index (κ1) is 18.2. The summed E-state index contributed by atoms with van der Waals surface area (Å²) in [4.78, 5) is 0. The van der Waals surface area contributed by atoms with Gasteiger partial charge in [-0.1, -0.05) is 6.92 Å². The number of rotatable bonds is 9. The topological polar surface area (TPSA) is 61.4 Å². The molecule has 0 aliphatic carbocycles. The van der Waals surface area contributed by atoms with Crippen molar-refractivity contribution >= 4 is 22.0 Å². The van der Waals surface area contributed by atoms with Crippen LogP contribution in [0.15, 0.2) is 0 Å². The number of hydrogen-bond donors (Lipinski definition) is 2. The molecule has 0 bridgehead atoms. The Morgan fingerprint density at radius 2 is 2.20 bits per heavy atom. The number of nitrogens with zero attached hydrogens (tertiary/aromatic N) is 1. The first-order valence-electron chi connectivity index (χ1n) is 7.46. The second-order valence-corrected chi connectivity index (χ2v) is 8.16. The Morgan fingerprint density at radius 1 is 1.45 bits per heavy atom. The highest BCUT2D eigenvalue weighted by Gasteiger charge is 2.29. The van der Waals surface area contributed by atoms with E-state index >= 15 is 0 Å². The minimum atomic E-state index is -3.33. The van der Waals surface area contributed by atoms with Crippen LogP contribution >= 0.6 is 11.8 Å². The van der Waals surface area contributed by atoms with Crippen LogP contribution in [0.25, 0.3) is 0 Å². The molecule has 7 heteroatoms. The molecule has 120 valence electrons.